The summed E-state index contributed by atoms with van der Waals surface area (Å²) in [4.78, 5) is 13.3. The van der Waals surface area contributed by atoms with E-state index in [4.69, 9.17) is 0 Å². The van der Waals surface area contributed by atoms with Crippen molar-refractivity contribution in [3.05, 3.63) is 11.8 Å². The van der Waals surface area contributed by atoms with E-state index in [-0.39, 0.29) is 5.91 Å². The van der Waals surface area contributed by atoms with Crippen LogP contribution >= 0.6 is 15.9 Å². The summed E-state index contributed by atoms with van der Waals surface area (Å²) in [6.45, 7) is 2.70. The number of carbonyl (C=O) groups is 1. The molecule has 1 N–H and O–H groups in total. The van der Waals surface area contributed by atoms with E-state index >= 15 is 0 Å². The van der Waals surface area contributed by atoms with Crippen LogP contribution in [0, 0.1) is 12.8 Å². The van der Waals surface area contributed by atoms with Gasteiger partial charge in [-0.3, -0.25) is 14.8 Å². The van der Waals surface area contributed by atoms with Crippen molar-refractivity contribution >= 4 is 27.7 Å². The Balaban J connectivity index is 2.16. The molecule has 5 heteroatoms. The van der Waals surface area contributed by atoms with Gasteiger partial charge in [-0.25, -0.2) is 0 Å². The minimum Gasteiger partial charge on any atom is -0.295 e. The Hall–Kier alpha value is -0.840. The van der Waals surface area contributed by atoms with Gasteiger partial charge < -0.3 is 0 Å². The van der Waals surface area contributed by atoms with Crippen LogP contribution in [0.3, 0.4) is 0 Å². The van der Waals surface area contributed by atoms with E-state index in [1.165, 1.54) is 0 Å². The molecule has 1 aliphatic heterocycles. The standard InChI is InChI=1S/C9H12BrN3O/c1-6-2-8(12-11-6)13-5-7(4-10)3-9(13)14/h2,7H,3-5H2,1H3,(H,11,12). The molecule has 76 valence electrons. The normalized spacial score (nSPS) is 22.0. The molecule has 2 rings (SSSR count). The van der Waals surface area contributed by atoms with Crippen LogP contribution in [0.5, 0.6) is 0 Å². The number of rotatable bonds is 2. The molecule has 1 atom stereocenters. The highest BCUT2D eigenvalue weighted by molar-refractivity contribution is 9.09. The summed E-state index contributed by atoms with van der Waals surface area (Å²) >= 11 is 3.40. The number of aromatic nitrogens is 2. The molecule has 4 nitrogen and oxygen atoms in total. The number of nitrogens with zero attached hydrogens (tertiary/aromatic N) is 2. The number of H-pyrrole nitrogens is 1. The molecular formula is C9H12BrN3O. The van der Waals surface area contributed by atoms with E-state index in [9.17, 15) is 4.79 Å². The van der Waals surface area contributed by atoms with Crippen LogP contribution in [0.2, 0.25) is 0 Å². The SMILES string of the molecule is Cc1cc(N2CC(CBr)CC2=O)n[nH]1. The van der Waals surface area contributed by atoms with Crippen molar-refractivity contribution < 1.29 is 4.79 Å². The predicted octanol–water partition coefficient (Wildman–Crippen LogP) is 1.47. The molecule has 2 heterocycles. The number of alkyl halides is 1. The molecule has 1 aromatic rings. The zero-order valence-electron chi connectivity index (χ0n) is 7.96. The lowest BCUT2D eigenvalue weighted by atomic mass is 10.2. The Morgan fingerprint density at radius 2 is 2.57 bits per heavy atom. The summed E-state index contributed by atoms with van der Waals surface area (Å²) in [5.74, 6) is 1.33. The van der Waals surface area contributed by atoms with Gasteiger partial charge in [0.05, 0.1) is 0 Å². The molecule has 0 bridgehead atoms. The van der Waals surface area contributed by atoms with Gasteiger partial charge in [0, 0.05) is 30.1 Å². The Labute approximate surface area is 90.8 Å². The molecule has 1 saturated heterocycles. The summed E-state index contributed by atoms with van der Waals surface area (Å²) in [6, 6.07) is 1.90. The zero-order valence-corrected chi connectivity index (χ0v) is 9.54. The summed E-state index contributed by atoms with van der Waals surface area (Å²) in [5.41, 5.74) is 0.982. The molecule has 1 fully saturated rings. The van der Waals surface area contributed by atoms with E-state index in [1.807, 2.05) is 13.0 Å². The molecule has 1 aromatic heterocycles. The van der Waals surface area contributed by atoms with Crippen molar-refractivity contribution in [1.29, 1.82) is 0 Å². The first-order chi connectivity index (χ1) is 6.70. The number of hydrogen-bond acceptors (Lipinski definition) is 2. The topological polar surface area (TPSA) is 49.0 Å². The fraction of sp³-hybridized carbons (Fsp3) is 0.556. The Kier molecular flexibility index (Phi) is 2.58. The van der Waals surface area contributed by atoms with Gasteiger partial charge in [0.2, 0.25) is 5.91 Å². The summed E-state index contributed by atoms with van der Waals surface area (Å²) < 4.78 is 0. The van der Waals surface area contributed by atoms with E-state index in [1.54, 1.807) is 4.90 Å². The third-order valence-corrected chi connectivity index (χ3v) is 3.31. The Bertz CT molecular complexity index is 350. The van der Waals surface area contributed by atoms with E-state index in [0.29, 0.717) is 12.3 Å². The quantitative estimate of drug-likeness (QED) is 0.816. The maximum atomic E-state index is 11.6. The molecule has 0 aromatic carbocycles. The third kappa shape index (κ3) is 1.68. The van der Waals surface area contributed by atoms with Gasteiger partial charge in [-0.05, 0) is 12.8 Å². The fourth-order valence-electron chi connectivity index (χ4n) is 1.65. The first kappa shape index (κ1) is 9.71. The second-order valence-corrected chi connectivity index (χ2v) is 4.29. The number of aromatic amines is 1. The van der Waals surface area contributed by atoms with Gasteiger partial charge in [-0.15, -0.1) is 0 Å². The van der Waals surface area contributed by atoms with Crippen LogP contribution in [-0.2, 0) is 4.79 Å². The van der Waals surface area contributed by atoms with E-state index in [2.05, 4.69) is 26.1 Å². The average molecular weight is 258 g/mol. The largest absolute Gasteiger partial charge is 0.295 e. The number of hydrogen-bond donors (Lipinski definition) is 1. The lowest BCUT2D eigenvalue weighted by Gasteiger charge is -2.11. The summed E-state index contributed by atoms with van der Waals surface area (Å²) in [5, 5.41) is 7.80. The van der Waals surface area contributed by atoms with Gasteiger partial charge in [0.25, 0.3) is 0 Å². The number of halogens is 1. The number of anilines is 1. The monoisotopic (exact) mass is 257 g/mol. The third-order valence-electron chi connectivity index (χ3n) is 2.39. The lowest BCUT2D eigenvalue weighted by molar-refractivity contribution is -0.117. The van der Waals surface area contributed by atoms with Crippen LogP contribution in [0.1, 0.15) is 12.1 Å². The molecule has 1 amide bonds. The number of amides is 1. The van der Waals surface area contributed by atoms with Crippen LogP contribution in [-0.4, -0.2) is 28.0 Å². The van der Waals surface area contributed by atoms with Crippen molar-refractivity contribution in [1.82, 2.24) is 10.2 Å². The molecule has 1 aliphatic rings. The molecule has 0 spiro atoms. The summed E-state index contributed by atoms with van der Waals surface area (Å²) in [7, 11) is 0. The van der Waals surface area contributed by atoms with Crippen LogP contribution in [0.4, 0.5) is 5.82 Å². The van der Waals surface area contributed by atoms with Gasteiger partial charge in [-0.1, -0.05) is 15.9 Å². The fourth-order valence-corrected chi connectivity index (χ4v) is 2.08. The number of carbonyl (C=O) groups excluding carboxylic acids is 1. The van der Waals surface area contributed by atoms with Gasteiger partial charge in [0.15, 0.2) is 5.82 Å². The molecule has 14 heavy (non-hydrogen) atoms. The second-order valence-electron chi connectivity index (χ2n) is 3.64. The molecule has 1 unspecified atom stereocenters. The Morgan fingerprint density at radius 1 is 1.79 bits per heavy atom. The van der Waals surface area contributed by atoms with Crippen molar-refractivity contribution in [2.75, 3.05) is 16.8 Å². The zero-order chi connectivity index (χ0) is 10.1. The first-order valence-electron chi connectivity index (χ1n) is 4.59. The highest BCUT2D eigenvalue weighted by Gasteiger charge is 2.30. The van der Waals surface area contributed by atoms with Crippen molar-refractivity contribution in [2.45, 2.75) is 13.3 Å². The number of nitrogens with one attached hydrogen (secondary N) is 1. The second kappa shape index (κ2) is 3.73. The molecule has 0 radical (unpaired) electrons. The van der Waals surface area contributed by atoms with Crippen LogP contribution in [0.25, 0.3) is 0 Å². The first-order valence-corrected chi connectivity index (χ1v) is 5.71. The number of aryl methyl sites for hydroxylation is 1. The predicted molar refractivity (Wildman–Crippen MR) is 57.6 cm³/mol. The minimum absolute atomic E-state index is 0.168. The molecular weight excluding hydrogens is 246 g/mol. The van der Waals surface area contributed by atoms with Crippen LogP contribution in [0.15, 0.2) is 6.07 Å². The van der Waals surface area contributed by atoms with Gasteiger partial charge >= 0.3 is 0 Å². The average Bonchev–Trinajstić information content (AvgIpc) is 2.71. The maximum absolute atomic E-state index is 11.6. The molecule has 0 saturated carbocycles. The summed E-state index contributed by atoms with van der Waals surface area (Å²) in [6.07, 6.45) is 0.622. The highest BCUT2D eigenvalue weighted by Crippen LogP contribution is 2.24. The highest BCUT2D eigenvalue weighted by atomic mass is 79.9. The van der Waals surface area contributed by atoms with Crippen molar-refractivity contribution in [3.8, 4) is 0 Å². The van der Waals surface area contributed by atoms with E-state index < -0.39 is 0 Å². The van der Waals surface area contributed by atoms with Gasteiger partial charge in [0.1, 0.15) is 0 Å². The Morgan fingerprint density at radius 3 is 3.07 bits per heavy atom. The van der Waals surface area contributed by atoms with Crippen molar-refractivity contribution in [3.63, 3.8) is 0 Å². The van der Waals surface area contributed by atoms with Crippen molar-refractivity contribution in [2.24, 2.45) is 5.92 Å². The minimum atomic E-state index is 0.168. The smallest absolute Gasteiger partial charge is 0.228 e. The van der Waals surface area contributed by atoms with Crippen LogP contribution < -0.4 is 4.90 Å². The van der Waals surface area contributed by atoms with Gasteiger partial charge in [-0.2, -0.15) is 5.10 Å². The maximum Gasteiger partial charge on any atom is 0.228 e. The molecule has 0 aliphatic carbocycles. The van der Waals surface area contributed by atoms with E-state index in [0.717, 1.165) is 23.4 Å². The lowest BCUT2D eigenvalue weighted by Crippen LogP contribution is -2.24.